The SMILES string of the molecule is COC(=O)C1CC1c1cc(-c2ccc(NCc3cccc(OC(F)(F)F)c3)nc2)ccc1OC. The van der Waals surface area contributed by atoms with E-state index in [1.165, 1.54) is 25.3 Å². The highest BCUT2D eigenvalue weighted by Gasteiger charge is 2.46. The van der Waals surface area contributed by atoms with Crippen molar-refractivity contribution in [2.24, 2.45) is 5.92 Å². The number of alkyl halides is 3. The van der Waals surface area contributed by atoms with E-state index in [1.807, 2.05) is 24.3 Å². The largest absolute Gasteiger partial charge is 0.573 e. The molecule has 1 fully saturated rings. The second-order valence-corrected chi connectivity index (χ2v) is 7.91. The van der Waals surface area contributed by atoms with Crippen LogP contribution in [0.2, 0.25) is 0 Å². The fourth-order valence-corrected chi connectivity index (χ4v) is 3.87. The summed E-state index contributed by atoms with van der Waals surface area (Å²) in [5.74, 6) is 0.725. The van der Waals surface area contributed by atoms with Crippen molar-refractivity contribution in [3.8, 4) is 22.6 Å². The molecule has 34 heavy (non-hydrogen) atoms. The number of nitrogens with zero attached hydrogens (tertiary/aromatic N) is 1. The number of hydrogen-bond acceptors (Lipinski definition) is 6. The van der Waals surface area contributed by atoms with Gasteiger partial charge in [-0.15, -0.1) is 13.2 Å². The van der Waals surface area contributed by atoms with E-state index in [0.29, 0.717) is 11.4 Å². The van der Waals surface area contributed by atoms with Crippen molar-refractivity contribution in [3.63, 3.8) is 0 Å². The number of esters is 1. The highest BCUT2D eigenvalue weighted by Crippen LogP contribution is 2.51. The molecule has 1 saturated carbocycles. The van der Waals surface area contributed by atoms with Crippen LogP contribution in [0.1, 0.15) is 23.5 Å². The number of carbonyl (C=O) groups excluding carboxylic acids is 1. The van der Waals surface area contributed by atoms with Gasteiger partial charge >= 0.3 is 12.3 Å². The first-order chi connectivity index (χ1) is 16.3. The number of rotatable bonds is 8. The van der Waals surface area contributed by atoms with Gasteiger partial charge in [-0.1, -0.05) is 18.2 Å². The highest BCUT2D eigenvalue weighted by atomic mass is 19.4. The molecule has 4 rings (SSSR count). The predicted molar refractivity (Wildman–Crippen MR) is 120 cm³/mol. The quantitative estimate of drug-likeness (QED) is 0.434. The number of methoxy groups -OCH3 is 2. The molecule has 0 saturated heterocycles. The smallest absolute Gasteiger partial charge is 0.496 e. The normalized spacial score (nSPS) is 17.1. The van der Waals surface area contributed by atoms with Gasteiger partial charge in [-0.3, -0.25) is 4.79 Å². The predicted octanol–water partition coefficient (Wildman–Crippen LogP) is 5.54. The lowest BCUT2D eigenvalue weighted by atomic mass is 10.0. The molecule has 0 amide bonds. The molecule has 1 aliphatic rings. The topological polar surface area (TPSA) is 69.7 Å². The van der Waals surface area contributed by atoms with Crippen molar-refractivity contribution in [1.29, 1.82) is 0 Å². The van der Waals surface area contributed by atoms with Gasteiger partial charge in [-0.2, -0.15) is 0 Å². The molecule has 1 aliphatic carbocycles. The Balaban J connectivity index is 1.44. The number of aromatic nitrogens is 1. The Hall–Kier alpha value is -3.75. The zero-order chi connectivity index (χ0) is 24.3. The van der Waals surface area contributed by atoms with Crippen LogP contribution >= 0.6 is 0 Å². The third kappa shape index (κ3) is 5.59. The fraction of sp³-hybridized carbons (Fsp3) is 0.280. The second kappa shape index (κ2) is 9.62. The third-order valence-electron chi connectivity index (χ3n) is 5.63. The maximum atomic E-state index is 12.4. The first-order valence-corrected chi connectivity index (χ1v) is 10.6. The first-order valence-electron chi connectivity index (χ1n) is 10.6. The molecular formula is C25H23F3N2O4. The van der Waals surface area contributed by atoms with Gasteiger partial charge in [0, 0.05) is 24.2 Å². The Bertz CT molecular complexity index is 1170. The third-order valence-corrected chi connectivity index (χ3v) is 5.63. The maximum Gasteiger partial charge on any atom is 0.573 e. The molecule has 0 aliphatic heterocycles. The average molecular weight is 472 g/mol. The Morgan fingerprint density at radius 2 is 1.88 bits per heavy atom. The van der Waals surface area contributed by atoms with Crippen molar-refractivity contribution in [2.75, 3.05) is 19.5 Å². The van der Waals surface area contributed by atoms with Gasteiger partial charge in [-0.05, 0) is 59.5 Å². The maximum absolute atomic E-state index is 12.4. The first kappa shape index (κ1) is 23.4. The summed E-state index contributed by atoms with van der Waals surface area (Å²) in [5, 5.41) is 3.09. The van der Waals surface area contributed by atoms with Crippen molar-refractivity contribution >= 4 is 11.8 Å². The van der Waals surface area contributed by atoms with Crippen LogP contribution in [0, 0.1) is 5.92 Å². The van der Waals surface area contributed by atoms with E-state index in [0.717, 1.165) is 28.9 Å². The fourth-order valence-electron chi connectivity index (χ4n) is 3.87. The molecule has 1 aromatic heterocycles. The van der Waals surface area contributed by atoms with Crippen LogP contribution in [0.4, 0.5) is 19.0 Å². The second-order valence-electron chi connectivity index (χ2n) is 7.91. The van der Waals surface area contributed by atoms with Crippen LogP contribution in [0.5, 0.6) is 11.5 Å². The van der Waals surface area contributed by atoms with Crippen molar-refractivity contribution in [1.82, 2.24) is 4.98 Å². The number of nitrogens with one attached hydrogen (secondary N) is 1. The van der Waals surface area contributed by atoms with Gasteiger partial charge in [0.15, 0.2) is 0 Å². The summed E-state index contributed by atoms with van der Waals surface area (Å²) < 4.78 is 51.5. The van der Waals surface area contributed by atoms with Crippen LogP contribution in [0.15, 0.2) is 60.8 Å². The van der Waals surface area contributed by atoms with Gasteiger partial charge in [-0.25, -0.2) is 4.98 Å². The lowest BCUT2D eigenvalue weighted by Crippen LogP contribution is -2.17. The zero-order valence-electron chi connectivity index (χ0n) is 18.6. The molecule has 0 bridgehead atoms. The van der Waals surface area contributed by atoms with Gasteiger partial charge in [0.2, 0.25) is 0 Å². The van der Waals surface area contributed by atoms with Crippen molar-refractivity contribution < 1.29 is 32.2 Å². The van der Waals surface area contributed by atoms with E-state index in [4.69, 9.17) is 9.47 Å². The van der Waals surface area contributed by atoms with Gasteiger partial charge < -0.3 is 19.5 Å². The summed E-state index contributed by atoms with van der Waals surface area (Å²) in [4.78, 5) is 16.3. The van der Waals surface area contributed by atoms with E-state index in [9.17, 15) is 18.0 Å². The Kier molecular flexibility index (Phi) is 6.63. The molecule has 9 heteroatoms. The number of halogens is 3. The van der Waals surface area contributed by atoms with Crippen LogP contribution < -0.4 is 14.8 Å². The number of anilines is 1. The Morgan fingerprint density at radius 3 is 2.56 bits per heavy atom. The minimum absolute atomic E-state index is 0.0633. The summed E-state index contributed by atoms with van der Waals surface area (Å²) in [6, 6.07) is 15.3. The molecule has 6 nitrogen and oxygen atoms in total. The summed E-state index contributed by atoms with van der Waals surface area (Å²) in [6.07, 6.45) is -2.30. The molecule has 0 radical (unpaired) electrons. The summed E-state index contributed by atoms with van der Waals surface area (Å²) >= 11 is 0. The molecule has 1 heterocycles. The van der Waals surface area contributed by atoms with E-state index >= 15 is 0 Å². The molecular weight excluding hydrogens is 449 g/mol. The van der Waals surface area contributed by atoms with Gasteiger partial charge in [0.05, 0.1) is 20.1 Å². The van der Waals surface area contributed by atoms with Crippen LogP contribution in [0.3, 0.4) is 0 Å². The average Bonchev–Trinajstić information content (AvgIpc) is 3.62. The number of carbonyl (C=O) groups is 1. The standard InChI is InChI=1S/C25H23F3N2O4/c1-32-22-8-6-16(11-20(22)19-12-21(19)24(31)33-2)17-7-9-23(30-14-17)29-13-15-4-3-5-18(10-15)34-25(26,27)28/h3-11,14,19,21H,12-13H2,1-2H3,(H,29,30). The lowest BCUT2D eigenvalue weighted by Gasteiger charge is -2.12. The van der Waals surface area contributed by atoms with Crippen LogP contribution in [-0.4, -0.2) is 31.5 Å². The van der Waals surface area contributed by atoms with E-state index < -0.39 is 6.36 Å². The molecule has 2 unspecified atom stereocenters. The lowest BCUT2D eigenvalue weighted by molar-refractivity contribution is -0.274. The van der Waals surface area contributed by atoms with Gasteiger partial charge in [0.25, 0.3) is 0 Å². The molecule has 178 valence electrons. The van der Waals surface area contributed by atoms with E-state index in [2.05, 4.69) is 15.0 Å². The van der Waals surface area contributed by atoms with E-state index in [-0.39, 0.29) is 30.1 Å². The number of ether oxygens (including phenoxy) is 3. The number of pyridine rings is 1. The Labute approximate surface area is 194 Å². The highest BCUT2D eigenvalue weighted by molar-refractivity contribution is 5.78. The molecule has 3 aromatic rings. The van der Waals surface area contributed by atoms with Crippen LogP contribution in [-0.2, 0) is 16.1 Å². The molecule has 0 spiro atoms. The molecule has 2 aromatic carbocycles. The Morgan fingerprint density at radius 1 is 1.09 bits per heavy atom. The number of hydrogen-bond donors (Lipinski definition) is 1. The zero-order valence-corrected chi connectivity index (χ0v) is 18.6. The summed E-state index contributed by atoms with van der Waals surface area (Å²) in [6.45, 7) is 0.282. The van der Waals surface area contributed by atoms with E-state index in [1.54, 1.807) is 25.4 Å². The summed E-state index contributed by atoms with van der Waals surface area (Å²) in [5.41, 5.74) is 3.39. The van der Waals surface area contributed by atoms with Crippen LogP contribution in [0.25, 0.3) is 11.1 Å². The summed E-state index contributed by atoms with van der Waals surface area (Å²) in [7, 11) is 2.99. The minimum Gasteiger partial charge on any atom is -0.496 e. The molecule has 2 atom stereocenters. The number of benzene rings is 2. The van der Waals surface area contributed by atoms with Crippen molar-refractivity contribution in [3.05, 3.63) is 71.9 Å². The van der Waals surface area contributed by atoms with Crippen molar-refractivity contribution in [2.45, 2.75) is 25.2 Å². The minimum atomic E-state index is -4.73. The monoisotopic (exact) mass is 472 g/mol. The van der Waals surface area contributed by atoms with Gasteiger partial charge in [0.1, 0.15) is 17.3 Å². The molecule has 1 N–H and O–H groups in total.